The number of carbonyl (C=O) groups is 1. The van der Waals surface area contributed by atoms with Gasteiger partial charge >= 0.3 is 5.97 Å². The molecule has 0 fully saturated rings. The number of carbonyl (C=O) groups excluding carboxylic acids is 1. The minimum atomic E-state index is -0.842. The highest BCUT2D eigenvalue weighted by atomic mass is 79.9. The van der Waals surface area contributed by atoms with Gasteiger partial charge in [-0.1, -0.05) is 0 Å². The lowest BCUT2D eigenvalue weighted by Crippen LogP contribution is -2.10. The van der Waals surface area contributed by atoms with E-state index in [0.717, 1.165) is 6.07 Å². The van der Waals surface area contributed by atoms with Crippen molar-refractivity contribution in [3.8, 4) is 0 Å². The van der Waals surface area contributed by atoms with Crippen LogP contribution in [-0.4, -0.2) is 17.6 Å². The molecule has 4 nitrogen and oxygen atoms in total. The second-order valence-corrected chi connectivity index (χ2v) is 6.15. The van der Waals surface area contributed by atoms with Gasteiger partial charge in [0.15, 0.2) is 0 Å². The third-order valence-electron chi connectivity index (χ3n) is 3.60. The molecule has 0 bridgehead atoms. The molecule has 0 unspecified atom stereocenters. The predicted molar refractivity (Wildman–Crippen MR) is 95.0 cm³/mol. The highest BCUT2D eigenvalue weighted by Crippen LogP contribution is 2.33. The van der Waals surface area contributed by atoms with Crippen molar-refractivity contribution in [3.05, 3.63) is 64.0 Å². The first kappa shape index (κ1) is 18.2. The van der Waals surface area contributed by atoms with Crippen LogP contribution in [0.15, 0.2) is 41.0 Å². The Morgan fingerprint density at radius 2 is 1.96 bits per heavy atom. The van der Waals surface area contributed by atoms with Gasteiger partial charge in [-0.3, -0.25) is 4.98 Å². The number of hydrogen-bond acceptors (Lipinski definition) is 4. The second-order valence-electron chi connectivity index (χ2n) is 5.30. The molecule has 0 aliphatic carbocycles. The van der Waals surface area contributed by atoms with Crippen LogP contribution in [0, 0.1) is 17.5 Å². The zero-order valence-electron chi connectivity index (χ0n) is 13.4. The highest BCUT2D eigenvalue weighted by molar-refractivity contribution is 9.10. The first-order valence-electron chi connectivity index (χ1n) is 7.57. The fourth-order valence-electron chi connectivity index (χ4n) is 2.41. The van der Waals surface area contributed by atoms with Crippen LogP contribution in [0.25, 0.3) is 10.9 Å². The number of aromatic nitrogens is 1. The molecule has 1 heterocycles. The molecule has 26 heavy (non-hydrogen) atoms. The fourth-order valence-corrected chi connectivity index (χ4v) is 2.75. The lowest BCUT2D eigenvalue weighted by molar-refractivity contribution is 0.0527. The summed E-state index contributed by atoms with van der Waals surface area (Å²) in [7, 11) is 0. The molecule has 1 N–H and O–H groups in total. The highest BCUT2D eigenvalue weighted by Gasteiger charge is 2.19. The van der Waals surface area contributed by atoms with Crippen molar-refractivity contribution in [2.75, 3.05) is 11.9 Å². The number of rotatable bonds is 4. The third kappa shape index (κ3) is 3.50. The summed E-state index contributed by atoms with van der Waals surface area (Å²) in [5, 5.41) is 3.14. The number of esters is 1. The molecule has 0 radical (unpaired) electrons. The van der Waals surface area contributed by atoms with Crippen LogP contribution in [0.5, 0.6) is 0 Å². The summed E-state index contributed by atoms with van der Waals surface area (Å²) in [5.41, 5.74) is 0.426. The summed E-state index contributed by atoms with van der Waals surface area (Å²) in [6, 6.07) is 5.59. The molecule has 134 valence electrons. The lowest BCUT2D eigenvalue weighted by Gasteiger charge is -2.15. The molecule has 2 aromatic carbocycles. The monoisotopic (exact) mass is 424 g/mol. The number of ether oxygens (including phenoxy) is 1. The van der Waals surface area contributed by atoms with Gasteiger partial charge in [-0.15, -0.1) is 0 Å². The van der Waals surface area contributed by atoms with Gasteiger partial charge in [0.1, 0.15) is 23.0 Å². The Bertz CT molecular complexity index is 1010. The second kappa shape index (κ2) is 7.33. The zero-order chi connectivity index (χ0) is 18.8. The van der Waals surface area contributed by atoms with Crippen molar-refractivity contribution in [2.24, 2.45) is 0 Å². The molecule has 0 saturated carbocycles. The van der Waals surface area contributed by atoms with E-state index in [9.17, 15) is 18.0 Å². The predicted octanol–water partition coefficient (Wildman–Crippen LogP) is 5.33. The summed E-state index contributed by atoms with van der Waals surface area (Å²) in [6.07, 6.45) is 1.22. The quantitative estimate of drug-likeness (QED) is 0.574. The number of nitrogens with one attached hydrogen (secondary N) is 1. The Balaban J connectivity index is 2.22. The maximum Gasteiger partial charge on any atom is 0.341 e. The Morgan fingerprint density at radius 1 is 1.19 bits per heavy atom. The number of hydrogen-bond donors (Lipinski definition) is 1. The molecule has 0 aliphatic rings. The van der Waals surface area contributed by atoms with Gasteiger partial charge in [0.2, 0.25) is 0 Å². The molecule has 0 aliphatic heterocycles. The summed E-state index contributed by atoms with van der Waals surface area (Å²) in [5.74, 6) is -2.78. The molecule has 1 aromatic heterocycles. The molecular weight excluding hydrogens is 413 g/mol. The molecule has 0 amide bonds. The van der Waals surface area contributed by atoms with Crippen molar-refractivity contribution >= 4 is 44.2 Å². The van der Waals surface area contributed by atoms with Gasteiger partial charge in [0, 0.05) is 23.7 Å². The zero-order valence-corrected chi connectivity index (χ0v) is 15.0. The number of benzene rings is 2. The Kier molecular flexibility index (Phi) is 5.13. The van der Waals surface area contributed by atoms with E-state index in [0.29, 0.717) is 11.5 Å². The lowest BCUT2D eigenvalue weighted by atomic mass is 10.1. The normalized spacial score (nSPS) is 10.8. The van der Waals surface area contributed by atoms with Crippen LogP contribution in [0.2, 0.25) is 0 Å². The van der Waals surface area contributed by atoms with Gasteiger partial charge in [0.05, 0.1) is 28.0 Å². The van der Waals surface area contributed by atoms with E-state index in [-0.39, 0.29) is 33.5 Å². The van der Waals surface area contributed by atoms with Gasteiger partial charge < -0.3 is 10.1 Å². The first-order chi connectivity index (χ1) is 12.4. The Hall–Kier alpha value is -2.61. The van der Waals surface area contributed by atoms with Crippen molar-refractivity contribution in [1.82, 2.24) is 4.98 Å². The standard InChI is InChI=1S/C18H12BrF3N2O2/c1-2-26-18(25)11-8-23-16-7-13(21)12(19)6-10(16)17(11)24-15-4-3-9(20)5-14(15)22/h3-8H,2H2,1H3,(H,23,24). The summed E-state index contributed by atoms with van der Waals surface area (Å²) in [6.45, 7) is 1.78. The topological polar surface area (TPSA) is 51.2 Å². The largest absolute Gasteiger partial charge is 0.462 e. The first-order valence-corrected chi connectivity index (χ1v) is 8.37. The van der Waals surface area contributed by atoms with Gasteiger partial charge in [-0.05, 0) is 41.1 Å². The van der Waals surface area contributed by atoms with E-state index in [4.69, 9.17) is 4.74 Å². The summed E-state index contributed by atoms with van der Waals surface area (Å²) < 4.78 is 46.1. The average molecular weight is 425 g/mol. The number of anilines is 2. The maximum atomic E-state index is 14.1. The van der Waals surface area contributed by atoms with Gasteiger partial charge in [0.25, 0.3) is 0 Å². The van der Waals surface area contributed by atoms with E-state index in [1.807, 2.05) is 0 Å². The number of fused-ring (bicyclic) bond motifs is 1. The van der Waals surface area contributed by atoms with Crippen molar-refractivity contribution in [1.29, 1.82) is 0 Å². The Labute approximate surface area is 155 Å². The van der Waals surface area contributed by atoms with Crippen molar-refractivity contribution < 1.29 is 22.7 Å². The van der Waals surface area contributed by atoms with Crippen LogP contribution in [0.3, 0.4) is 0 Å². The van der Waals surface area contributed by atoms with E-state index < -0.39 is 23.4 Å². The smallest absolute Gasteiger partial charge is 0.341 e. The van der Waals surface area contributed by atoms with E-state index in [2.05, 4.69) is 26.2 Å². The van der Waals surface area contributed by atoms with E-state index in [1.54, 1.807) is 6.92 Å². The number of nitrogens with zero attached hydrogens (tertiary/aromatic N) is 1. The maximum absolute atomic E-state index is 14.1. The number of pyridine rings is 1. The SMILES string of the molecule is CCOC(=O)c1cnc2cc(F)c(Br)cc2c1Nc1ccc(F)cc1F. The minimum Gasteiger partial charge on any atom is -0.462 e. The van der Waals surface area contributed by atoms with E-state index in [1.165, 1.54) is 24.4 Å². The van der Waals surface area contributed by atoms with Crippen molar-refractivity contribution in [3.63, 3.8) is 0 Å². The van der Waals surface area contributed by atoms with Gasteiger partial charge in [-0.2, -0.15) is 0 Å². The number of halogens is 4. The molecular formula is C18H12BrF3N2O2. The average Bonchev–Trinajstić information content (AvgIpc) is 2.59. The fraction of sp³-hybridized carbons (Fsp3) is 0.111. The molecule has 0 atom stereocenters. The molecule has 3 aromatic rings. The van der Waals surface area contributed by atoms with Crippen LogP contribution >= 0.6 is 15.9 Å². The molecule has 8 heteroatoms. The van der Waals surface area contributed by atoms with Crippen LogP contribution in [0.4, 0.5) is 24.5 Å². The summed E-state index contributed by atoms with van der Waals surface area (Å²) in [4.78, 5) is 16.3. The molecule has 0 saturated heterocycles. The van der Waals surface area contributed by atoms with Crippen LogP contribution < -0.4 is 5.32 Å². The van der Waals surface area contributed by atoms with Gasteiger partial charge in [-0.25, -0.2) is 18.0 Å². The third-order valence-corrected chi connectivity index (χ3v) is 4.20. The Morgan fingerprint density at radius 3 is 2.65 bits per heavy atom. The van der Waals surface area contributed by atoms with Crippen molar-refractivity contribution in [2.45, 2.75) is 6.92 Å². The summed E-state index contributed by atoms with van der Waals surface area (Å²) >= 11 is 3.08. The van der Waals surface area contributed by atoms with E-state index >= 15 is 0 Å². The minimum absolute atomic E-state index is 0.0431. The van der Waals surface area contributed by atoms with Crippen LogP contribution in [-0.2, 0) is 4.74 Å². The molecule has 0 spiro atoms. The van der Waals surface area contributed by atoms with Crippen LogP contribution in [0.1, 0.15) is 17.3 Å². The molecule has 3 rings (SSSR count).